The second-order valence-corrected chi connectivity index (χ2v) is 8.69. The van der Waals surface area contributed by atoms with E-state index in [9.17, 15) is 4.79 Å². The number of rotatable bonds is 8. The quantitative estimate of drug-likeness (QED) is 0.590. The largest absolute Gasteiger partial charge is 0.372 e. The minimum Gasteiger partial charge on any atom is -0.372 e. The molecule has 2 aromatic carbocycles. The van der Waals surface area contributed by atoms with Gasteiger partial charge in [0.25, 0.3) is 0 Å². The molecular formula is C24H31Cl2N3O. The third-order valence-electron chi connectivity index (χ3n) is 5.90. The number of piperidine rings is 1. The van der Waals surface area contributed by atoms with E-state index in [1.165, 1.54) is 5.69 Å². The van der Waals surface area contributed by atoms with Gasteiger partial charge in [-0.3, -0.25) is 9.69 Å². The van der Waals surface area contributed by atoms with E-state index in [1.807, 2.05) is 12.1 Å². The summed E-state index contributed by atoms with van der Waals surface area (Å²) in [5.74, 6) is 0.240. The standard InChI is InChI=1S/C24H31Cl2N3O/c1-3-29(4-2)22-9-5-18(6-10-22)16-27-24(30)19-11-13-28(14-12-19)17-20-7-8-21(25)15-23(20)26/h5-10,15,19H,3-4,11-14,16-17H2,1-2H3,(H,27,30). The summed E-state index contributed by atoms with van der Waals surface area (Å²) in [4.78, 5) is 17.3. The lowest BCUT2D eigenvalue weighted by molar-refractivity contribution is -0.126. The van der Waals surface area contributed by atoms with Gasteiger partial charge in [-0.2, -0.15) is 0 Å². The maximum absolute atomic E-state index is 12.6. The van der Waals surface area contributed by atoms with Crippen LogP contribution in [0.15, 0.2) is 42.5 Å². The first-order valence-electron chi connectivity index (χ1n) is 10.8. The van der Waals surface area contributed by atoms with Crippen molar-refractivity contribution in [2.45, 2.75) is 39.8 Å². The molecule has 0 spiro atoms. The van der Waals surface area contributed by atoms with Gasteiger partial charge >= 0.3 is 0 Å². The van der Waals surface area contributed by atoms with E-state index in [4.69, 9.17) is 23.2 Å². The minimum absolute atomic E-state index is 0.0805. The molecule has 4 nitrogen and oxygen atoms in total. The van der Waals surface area contributed by atoms with E-state index < -0.39 is 0 Å². The first-order chi connectivity index (χ1) is 14.5. The smallest absolute Gasteiger partial charge is 0.223 e. The number of hydrogen-bond acceptors (Lipinski definition) is 3. The van der Waals surface area contributed by atoms with Crippen LogP contribution in [0.1, 0.15) is 37.8 Å². The summed E-state index contributed by atoms with van der Waals surface area (Å²) in [5, 5.41) is 4.48. The monoisotopic (exact) mass is 447 g/mol. The first-order valence-corrected chi connectivity index (χ1v) is 11.5. The van der Waals surface area contributed by atoms with Crippen LogP contribution >= 0.6 is 23.2 Å². The van der Waals surface area contributed by atoms with E-state index in [0.717, 1.165) is 56.7 Å². The number of likely N-dealkylation sites (tertiary alicyclic amines) is 1. The van der Waals surface area contributed by atoms with Crippen LogP contribution in [0.25, 0.3) is 0 Å². The lowest BCUT2D eigenvalue weighted by atomic mass is 9.95. The normalized spacial score (nSPS) is 15.2. The van der Waals surface area contributed by atoms with Crippen LogP contribution in [0.3, 0.4) is 0 Å². The number of nitrogens with one attached hydrogen (secondary N) is 1. The molecule has 0 bridgehead atoms. The van der Waals surface area contributed by atoms with Crippen molar-refractivity contribution >= 4 is 34.8 Å². The summed E-state index contributed by atoms with van der Waals surface area (Å²) in [6, 6.07) is 14.1. The molecule has 1 heterocycles. The Kier molecular flexibility index (Phi) is 8.43. The first kappa shape index (κ1) is 22.9. The van der Waals surface area contributed by atoms with Gasteiger partial charge in [0, 0.05) is 47.8 Å². The molecule has 0 unspecified atom stereocenters. The van der Waals surface area contributed by atoms with Gasteiger partial charge in [-0.1, -0.05) is 41.4 Å². The molecule has 1 amide bonds. The maximum atomic E-state index is 12.6. The Labute approximate surface area is 190 Å². The molecule has 1 N–H and O–H groups in total. The van der Waals surface area contributed by atoms with Crippen molar-refractivity contribution in [3.05, 3.63) is 63.6 Å². The number of anilines is 1. The second kappa shape index (κ2) is 11.0. The summed E-state index contributed by atoms with van der Waals surface area (Å²) in [7, 11) is 0. The topological polar surface area (TPSA) is 35.6 Å². The summed E-state index contributed by atoms with van der Waals surface area (Å²) in [6.07, 6.45) is 1.75. The molecule has 1 fully saturated rings. The Bertz CT molecular complexity index is 829. The lowest BCUT2D eigenvalue weighted by Crippen LogP contribution is -2.40. The number of halogens is 2. The molecule has 0 saturated carbocycles. The highest BCUT2D eigenvalue weighted by Gasteiger charge is 2.25. The molecule has 162 valence electrons. The number of benzene rings is 2. The number of carbonyl (C=O) groups excluding carboxylic acids is 1. The predicted molar refractivity (Wildman–Crippen MR) is 126 cm³/mol. The zero-order valence-corrected chi connectivity index (χ0v) is 19.3. The molecule has 1 aliphatic heterocycles. The van der Waals surface area contributed by atoms with Crippen LogP contribution in [0.2, 0.25) is 10.0 Å². The SMILES string of the molecule is CCN(CC)c1ccc(CNC(=O)C2CCN(Cc3ccc(Cl)cc3Cl)CC2)cc1. The van der Waals surface area contributed by atoms with E-state index in [1.54, 1.807) is 6.07 Å². The molecule has 0 aromatic heterocycles. The average molecular weight is 448 g/mol. The van der Waals surface area contributed by atoms with E-state index in [0.29, 0.717) is 16.6 Å². The number of carbonyl (C=O) groups is 1. The zero-order valence-electron chi connectivity index (χ0n) is 17.8. The van der Waals surface area contributed by atoms with Gasteiger partial charge in [-0.15, -0.1) is 0 Å². The molecule has 2 aromatic rings. The maximum Gasteiger partial charge on any atom is 0.223 e. The molecule has 1 aliphatic rings. The van der Waals surface area contributed by atoms with E-state index in [2.05, 4.69) is 53.2 Å². The molecule has 0 aliphatic carbocycles. The van der Waals surface area contributed by atoms with Crippen LogP contribution in [-0.4, -0.2) is 37.0 Å². The fourth-order valence-corrected chi connectivity index (χ4v) is 4.46. The zero-order chi connectivity index (χ0) is 21.5. The molecule has 6 heteroatoms. The predicted octanol–water partition coefficient (Wildman–Crippen LogP) is 5.37. The highest BCUT2D eigenvalue weighted by atomic mass is 35.5. The molecular weight excluding hydrogens is 417 g/mol. The Morgan fingerprint density at radius 3 is 2.33 bits per heavy atom. The van der Waals surface area contributed by atoms with Crippen LogP contribution in [0.5, 0.6) is 0 Å². The van der Waals surface area contributed by atoms with E-state index >= 15 is 0 Å². The molecule has 3 rings (SSSR count). The second-order valence-electron chi connectivity index (χ2n) is 7.84. The highest BCUT2D eigenvalue weighted by Crippen LogP contribution is 2.25. The third-order valence-corrected chi connectivity index (χ3v) is 6.49. The number of hydrogen-bond donors (Lipinski definition) is 1. The molecule has 0 radical (unpaired) electrons. The van der Waals surface area contributed by atoms with Gasteiger partial charge < -0.3 is 10.2 Å². The van der Waals surface area contributed by atoms with Crippen molar-refractivity contribution in [2.24, 2.45) is 5.92 Å². The molecule has 30 heavy (non-hydrogen) atoms. The fraction of sp³-hybridized carbons (Fsp3) is 0.458. The fourth-order valence-electron chi connectivity index (χ4n) is 3.99. The Morgan fingerprint density at radius 2 is 1.73 bits per heavy atom. The Morgan fingerprint density at radius 1 is 1.07 bits per heavy atom. The summed E-state index contributed by atoms with van der Waals surface area (Å²) in [6.45, 7) is 9.48. The summed E-state index contributed by atoms with van der Waals surface area (Å²) in [5.41, 5.74) is 3.44. The van der Waals surface area contributed by atoms with Gasteiger partial charge in [-0.25, -0.2) is 0 Å². The van der Waals surface area contributed by atoms with Crippen molar-refractivity contribution in [3.8, 4) is 0 Å². The van der Waals surface area contributed by atoms with Crippen LogP contribution < -0.4 is 10.2 Å². The average Bonchev–Trinajstić information content (AvgIpc) is 2.76. The lowest BCUT2D eigenvalue weighted by Gasteiger charge is -2.31. The van der Waals surface area contributed by atoms with E-state index in [-0.39, 0.29) is 11.8 Å². The summed E-state index contributed by atoms with van der Waals surface area (Å²) < 4.78 is 0. The molecule has 0 atom stereocenters. The number of amides is 1. The van der Waals surface area contributed by atoms with Crippen molar-refractivity contribution < 1.29 is 4.79 Å². The minimum atomic E-state index is 0.0805. The van der Waals surface area contributed by atoms with Gasteiger partial charge in [0.05, 0.1) is 0 Å². The van der Waals surface area contributed by atoms with Crippen LogP contribution in [0.4, 0.5) is 5.69 Å². The van der Waals surface area contributed by atoms with Crippen molar-refractivity contribution in [1.29, 1.82) is 0 Å². The van der Waals surface area contributed by atoms with Gasteiger partial charge in [0.2, 0.25) is 5.91 Å². The van der Waals surface area contributed by atoms with Crippen molar-refractivity contribution in [1.82, 2.24) is 10.2 Å². The highest BCUT2D eigenvalue weighted by molar-refractivity contribution is 6.35. The Balaban J connectivity index is 1.44. The van der Waals surface area contributed by atoms with Crippen LogP contribution in [-0.2, 0) is 17.9 Å². The summed E-state index contributed by atoms with van der Waals surface area (Å²) >= 11 is 12.3. The van der Waals surface area contributed by atoms with Crippen molar-refractivity contribution in [3.63, 3.8) is 0 Å². The number of nitrogens with zero attached hydrogens (tertiary/aromatic N) is 2. The van der Waals surface area contributed by atoms with Gasteiger partial charge in [0.1, 0.15) is 0 Å². The third kappa shape index (κ3) is 6.13. The molecule has 1 saturated heterocycles. The van der Waals surface area contributed by atoms with Gasteiger partial charge in [0.15, 0.2) is 0 Å². The Hall–Kier alpha value is -1.75. The van der Waals surface area contributed by atoms with Crippen molar-refractivity contribution in [2.75, 3.05) is 31.1 Å². The van der Waals surface area contributed by atoms with Crippen LogP contribution in [0, 0.1) is 5.92 Å². The van der Waals surface area contributed by atoms with Gasteiger partial charge in [-0.05, 0) is 75.2 Å².